The number of hydrazone groups is 1. The molecule has 24 heavy (non-hydrogen) atoms. The molecular weight excluding hydrogens is 456 g/mol. The van der Waals surface area contributed by atoms with E-state index in [-0.39, 0.29) is 18.4 Å². The molecule has 1 aromatic heterocycles. The second-order valence-electron chi connectivity index (χ2n) is 5.47. The highest BCUT2D eigenvalue weighted by molar-refractivity contribution is 9.11. The zero-order chi connectivity index (χ0) is 17.7. The zero-order valence-electron chi connectivity index (χ0n) is 13.6. The van der Waals surface area contributed by atoms with Gasteiger partial charge in [0.2, 0.25) is 0 Å². The molecule has 0 bridgehead atoms. The summed E-state index contributed by atoms with van der Waals surface area (Å²) >= 11 is 8.67. The predicted octanol–water partition coefficient (Wildman–Crippen LogP) is 5.23. The molecule has 4 nitrogen and oxygen atoms in total. The Bertz CT molecular complexity index is 744. The number of hydrogen-bond acceptors (Lipinski definition) is 4. The molecule has 128 valence electrons. The summed E-state index contributed by atoms with van der Waals surface area (Å²) in [6.45, 7) is 6.06. The van der Waals surface area contributed by atoms with Crippen molar-refractivity contribution in [1.29, 1.82) is 0 Å². The molecule has 1 N–H and O–H groups in total. The molecule has 0 spiro atoms. The molecule has 1 heterocycles. The van der Waals surface area contributed by atoms with E-state index in [0.29, 0.717) is 5.75 Å². The third-order valence-electron chi connectivity index (χ3n) is 3.33. The topological polar surface area (TPSA) is 50.7 Å². The first-order chi connectivity index (χ1) is 11.4. The molecular formula is C17H18Br2N2O2S. The molecule has 1 amide bonds. The standard InChI is InChI=1S/C17H18Br2N2O2S/c1-10(2)13-7-14(18)11(3)16(19)17(13)23-9-15(22)21-20-8-12-5-4-6-24-12/h4-8,10H,9H2,1-3H3,(H,21,22). The van der Waals surface area contributed by atoms with E-state index < -0.39 is 0 Å². The van der Waals surface area contributed by atoms with E-state index in [0.717, 1.165) is 24.9 Å². The second-order valence-corrected chi connectivity index (χ2v) is 8.09. The van der Waals surface area contributed by atoms with Gasteiger partial charge in [-0.2, -0.15) is 5.10 Å². The van der Waals surface area contributed by atoms with Gasteiger partial charge < -0.3 is 4.74 Å². The summed E-state index contributed by atoms with van der Waals surface area (Å²) in [5.41, 5.74) is 4.54. The first-order valence-electron chi connectivity index (χ1n) is 7.36. The van der Waals surface area contributed by atoms with Crippen molar-refractivity contribution in [3.63, 3.8) is 0 Å². The van der Waals surface area contributed by atoms with Crippen molar-refractivity contribution in [2.75, 3.05) is 6.61 Å². The number of benzene rings is 1. The molecule has 0 fully saturated rings. The Morgan fingerprint density at radius 1 is 1.46 bits per heavy atom. The highest BCUT2D eigenvalue weighted by atomic mass is 79.9. The molecule has 0 aliphatic rings. The highest BCUT2D eigenvalue weighted by Gasteiger charge is 2.17. The van der Waals surface area contributed by atoms with Gasteiger partial charge in [0.05, 0.1) is 10.7 Å². The maximum absolute atomic E-state index is 11.9. The van der Waals surface area contributed by atoms with Crippen molar-refractivity contribution in [2.24, 2.45) is 5.10 Å². The van der Waals surface area contributed by atoms with E-state index in [2.05, 4.69) is 56.2 Å². The summed E-state index contributed by atoms with van der Waals surface area (Å²) < 4.78 is 7.63. The molecule has 1 aromatic carbocycles. The van der Waals surface area contributed by atoms with Crippen LogP contribution in [0.4, 0.5) is 0 Å². The summed E-state index contributed by atoms with van der Waals surface area (Å²) in [6.07, 6.45) is 1.61. The Kier molecular flexibility index (Phi) is 7.01. The average Bonchev–Trinajstić information content (AvgIpc) is 3.04. The van der Waals surface area contributed by atoms with Gasteiger partial charge >= 0.3 is 0 Å². The number of halogens is 2. The predicted molar refractivity (Wildman–Crippen MR) is 106 cm³/mol. The lowest BCUT2D eigenvalue weighted by Gasteiger charge is -2.18. The van der Waals surface area contributed by atoms with Crippen molar-refractivity contribution in [3.8, 4) is 5.75 Å². The zero-order valence-corrected chi connectivity index (χ0v) is 17.6. The Morgan fingerprint density at radius 2 is 2.21 bits per heavy atom. The number of nitrogens with zero attached hydrogens (tertiary/aromatic N) is 1. The number of rotatable bonds is 6. The molecule has 0 atom stereocenters. The van der Waals surface area contributed by atoms with Crippen LogP contribution in [0.3, 0.4) is 0 Å². The van der Waals surface area contributed by atoms with Crippen LogP contribution in [-0.2, 0) is 4.79 Å². The molecule has 0 radical (unpaired) electrons. The summed E-state index contributed by atoms with van der Waals surface area (Å²) in [6, 6.07) is 5.89. The Morgan fingerprint density at radius 3 is 2.83 bits per heavy atom. The SMILES string of the molecule is Cc1c(Br)cc(C(C)C)c(OCC(=O)NN=Cc2cccs2)c1Br. The summed E-state index contributed by atoms with van der Waals surface area (Å²) in [5.74, 6) is 0.668. The van der Waals surface area contributed by atoms with Gasteiger partial charge in [-0.15, -0.1) is 11.3 Å². The normalized spacial score (nSPS) is 11.2. The first kappa shape index (κ1) is 19.1. The number of nitrogens with one attached hydrogen (secondary N) is 1. The Balaban J connectivity index is 2.03. The fourth-order valence-electron chi connectivity index (χ4n) is 1.99. The van der Waals surface area contributed by atoms with Crippen molar-refractivity contribution < 1.29 is 9.53 Å². The monoisotopic (exact) mass is 472 g/mol. The fourth-order valence-corrected chi connectivity index (χ4v) is 3.84. The van der Waals surface area contributed by atoms with E-state index in [1.165, 1.54) is 0 Å². The molecule has 0 saturated heterocycles. The minimum Gasteiger partial charge on any atom is -0.482 e. The van der Waals surface area contributed by atoms with E-state index >= 15 is 0 Å². The van der Waals surface area contributed by atoms with Gasteiger partial charge in [0, 0.05) is 9.35 Å². The van der Waals surface area contributed by atoms with Gasteiger partial charge in [0.1, 0.15) is 5.75 Å². The number of amides is 1. The van der Waals surface area contributed by atoms with Gasteiger partial charge in [0.25, 0.3) is 5.91 Å². The van der Waals surface area contributed by atoms with Crippen molar-refractivity contribution in [1.82, 2.24) is 5.43 Å². The number of hydrogen-bond donors (Lipinski definition) is 1. The average molecular weight is 474 g/mol. The van der Waals surface area contributed by atoms with E-state index in [4.69, 9.17) is 4.74 Å². The lowest BCUT2D eigenvalue weighted by atomic mass is 10.0. The van der Waals surface area contributed by atoms with Gasteiger partial charge in [-0.3, -0.25) is 4.79 Å². The Labute approximate surface area is 162 Å². The van der Waals surface area contributed by atoms with Crippen LogP contribution in [0.15, 0.2) is 37.6 Å². The molecule has 0 saturated carbocycles. The smallest absolute Gasteiger partial charge is 0.277 e. The number of thiophene rings is 1. The van der Waals surface area contributed by atoms with E-state index in [1.54, 1.807) is 17.6 Å². The van der Waals surface area contributed by atoms with Crippen molar-refractivity contribution in [2.45, 2.75) is 26.7 Å². The van der Waals surface area contributed by atoms with Crippen LogP contribution in [0.25, 0.3) is 0 Å². The minimum atomic E-state index is -0.301. The molecule has 0 aliphatic heterocycles. The molecule has 0 aliphatic carbocycles. The van der Waals surface area contributed by atoms with E-state index in [1.807, 2.05) is 30.5 Å². The Hall–Kier alpha value is -1.18. The lowest BCUT2D eigenvalue weighted by molar-refractivity contribution is -0.123. The number of carbonyl (C=O) groups excluding carboxylic acids is 1. The lowest BCUT2D eigenvalue weighted by Crippen LogP contribution is -2.25. The van der Waals surface area contributed by atoms with Gasteiger partial charge in [-0.25, -0.2) is 5.43 Å². The third-order valence-corrected chi connectivity index (χ3v) is 5.91. The summed E-state index contributed by atoms with van der Waals surface area (Å²) in [7, 11) is 0. The van der Waals surface area contributed by atoms with Crippen molar-refractivity contribution in [3.05, 3.63) is 48.5 Å². The minimum absolute atomic E-state index is 0.0961. The first-order valence-corrected chi connectivity index (χ1v) is 9.83. The highest BCUT2D eigenvalue weighted by Crippen LogP contribution is 2.40. The van der Waals surface area contributed by atoms with Crippen LogP contribution in [0.5, 0.6) is 5.75 Å². The maximum atomic E-state index is 11.9. The van der Waals surface area contributed by atoms with E-state index in [9.17, 15) is 4.79 Å². The van der Waals surface area contributed by atoms with Gasteiger partial charge in [-0.05, 0) is 57.4 Å². The van der Waals surface area contributed by atoms with Gasteiger partial charge in [-0.1, -0.05) is 35.8 Å². The quantitative estimate of drug-likeness (QED) is 0.461. The van der Waals surface area contributed by atoms with Crippen LogP contribution in [-0.4, -0.2) is 18.7 Å². The number of carbonyl (C=O) groups is 1. The second kappa shape index (κ2) is 8.78. The van der Waals surface area contributed by atoms with Crippen LogP contribution < -0.4 is 10.2 Å². The number of ether oxygens (including phenoxy) is 1. The molecule has 7 heteroatoms. The molecule has 2 aromatic rings. The van der Waals surface area contributed by atoms with Gasteiger partial charge in [0.15, 0.2) is 6.61 Å². The maximum Gasteiger partial charge on any atom is 0.277 e. The van der Waals surface area contributed by atoms with Crippen LogP contribution in [0, 0.1) is 6.92 Å². The molecule has 0 unspecified atom stereocenters. The van der Waals surface area contributed by atoms with Crippen LogP contribution in [0.1, 0.15) is 35.8 Å². The van der Waals surface area contributed by atoms with Crippen LogP contribution in [0.2, 0.25) is 0 Å². The fraction of sp³-hybridized carbons (Fsp3) is 0.294. The molecule has 2 rings (SSSR count). The third kappa shape index (κ3) is 4.91. The van der Waals surface area contributed by atoms with Crippen LogP contribution >= 0.6 is 43.2 Å². The summed E-state index contributed by atoms with van der Waals surface area (Å²) in [4.78, 5) is 12.9. The largest absolute Gasteiger partial charge is 0.482 e. The van der Waals surface area contributed by atoms with Crippen molar-refractivity contribution >= 4 is 55.3 Å². The summed E-state index contributed by atoms with van der Waals surface area (Å²) in [5, 5.41) is 5.88.